The molecule has 2 aliphatic heterocycles. The molecule has 4 rings (SSSR count). The van der Waals surface area contributed by atoms with E-state index in [1.54, 1.807) is 36.4 Å². The molecule has 0 unspecified atom stereocenters. The fourth-order valence-corrected chi connectivity index (χ4v) is 5.28. The molecule has 0 spiro atoms. The third kappa shape index (κ3) is 5.53. The van der Waals surface area contributed by atoms with E-state index >= 15 is 0 Å². The van der Waals surface area contributed by atoms with Crippen molar-refractivity contribution in [2.75, 3.05) is 13.3 Å². The number of nitrogens with one attached hydrogen (secondary N) is 2. The van der Waals surface area contributed by atoms with Gasteiger partial charge < -0.3 is 9.47 Å². The summed E-state index contributed by atoms with van der Waals surface area (Å²) in [5, 5.41) is 0. The van der Waals surface area contributed by atoms with Gasteiger partial charge in [0.2, 0.25) is 12.7 Å². The third-order valence-corrected chi connectivity index (χ3v) is 7.37. The lowest BCUT2D eigenvalue weighted by Crippen LogP contribution is -2.41. The van der Waals surface area contributed by atoms with E-state index in [4.69, 9.17) is 21.7 Å². The molecule has 33 heavy (non-hydrogen) atoms. The highest BCUT2D eigenvalue weighted by atomic mass is 32.2. The number of carbonyl (C=O) groups excluding carboxylic acids is 2. The first-order valence-electron chi connectivity index (χ1n) is 9.84. The van der Waals surface area contributed by atoms with Gasteiger partial charge in [0.25, 0.3) is 15.9 Å². The van der Waals surface area contributed by atoms with Crippen LogP contribution in [0.25, 0.3) is 6.08 Å². The number of ether oxygens (including phenoxy) is 2. The second-order valence-electron chi connectivity index (χ2n) is 7.02. The molecule has 1 fully saturated rings. The topological polar surface area (TPSA) is 114 Å². The van der Waals surface area contributed by atoms with Crippen LogP contribution in [0.2, 0.25) is 0 Å². The summed E-state index contributed by atoms with van der Waals surface area (Å²) >= 11 is 6.50. The Balaban J connectivity index is 1.28. The zero-order valence-corrected chi connectivity index (χ0v) is 19.6. The van der Waals surface area contributed by atoms with E-state index in [0.29, 0.717) is 27.1 Å². The zero-order valence-electron chi connectivity index (χ0n) is 17.1. The van der Waals surface area contributed by atoms with Crippen molar-refractivity contribution in [3.05, 3.63) is 59.0 Å². The lowest BCUT2D eigenvalue weighted by molar-refractivity contribution is -0.124. The number of thioether (sulfide) groups is 1. The van der Waals surface area contributed by atoms with Crippen LogP contribution in [-0.4, -0.2) is 42.8 Å². The molecule has 0 radical (unpaired) electrons. The second kappa shape index (κ2) is 9.91. The molecule has 1 saturated heterocycles. The number of sulfonamides is 1. The van der Waals surface area contributed by atoms with Crippen molar-refractivity contribution in [1.82, 2.24) is 15.2 Å². The zero-order chi connectivity index (χ0) is 23.4. The van der Waals surface area contributed by atoms with Crippen LogP contribution in [-0.2, 0) is 19.6 Å². The summed E-state index contributed by atoms with van der Waals surface area (Å²) in [6.45, 7) is 0.407. The van der Waals surface area contributed by atoms with Crippen LogP contribution in [0.5, 0.6) is 11.5 Å². The molecule has 2 aliphatic rings. The molecule has 0 atom stereocenters. The number of hydrogen-bond donors (Lipinski definition) is 2. The highest BCUT2D eigenvalue weighted by Crippen LogP contribution is 2.36. The largest absolute Gasteiger partial charge is 0.454 e. The maximum absolute atomic E-state index is 12.7. The lowest BCUT2D eigenvalue weighted by Gasteiger charge is -2.14. The van der Waals surface area contributed by atoms with E-state index in [0.717, 1.165) is 5.56 Å². The van der Waals surface area contributed by atoms with Crippen molar-refractivity contribution in [3.8, 4) is 11.5 Å². The Kier molecular flexibility index (Phi) is 6.98. The second-order valence-corrected chi connectivity index (χ2v) is 10.4. The smallest absolute Gasteiger partial charge is 0.266 e. The van der Waals surface area contributed by atoms with Crippen LogP contribution in [0.4, 0.5) is 0 Å². The van der Waals surface area contributed by atoms with E-state index < -0.39 is 15.9 Å². The molecular weight excluding hydrogens is 486 g/mol. The van der Waals surface area contributed by atoms with E-state index in [-0.39, 0.29) is 30.6 Å². The first-order valence-corrected chi connectivity index (χ1v) is 12.5. The van der Waals surface area contributed by atoms with Crippen LogP contribution in [0.1, 0.15) is 18.4 Å². The quantitative estimate of drug-likeness (QED) is 0.319. The van der Waals surface area contributed by atoms with Crippen molar-refractivity contribution in [2.45, 2.75) is 17.7 Å². The van der Waals surface area contributed by atoms with Crippen molar-refractivity contribution in [3.63, 3.8) is 0 Å². The van der Waals surface area contributed by atoms with Crippen LogP contribution in [0.3, 0.4) is 0 Å². The molecule has 2 heterocycles. The number of rotatable bonds is 8. The maximum Gasteiger partial charge on any atom is 0.266 e. The molecule has 2 amide bonds. The molecule has 0 saturated carbocycles. The molecule has 2 aromatic rings. The first kappa shape index (κ1) is 23.2. The highest BCUT2D eigenvalue weighted by Gasteiger charge is 2.31. The van der Waals surface area contributed by atoms with Gasteiger partial charge in [-0.25, -0.2) is 8.42 Å². The number of carbonyl (C=O) groups is 2. The van der Waals surface area contributed by atoms with E-state index in [1.807, 2.05) is 6.07 Å². The summed E-state index contributed by atoms with van der Waals surface area (Å²) in [6.07, 6.45) is 2.05. The van der Waals surface area contributed by atoms with E-state index in [1.165, 1.54) is 28.8 Å². The van der Waals surface area contributed by atoms with Gasteiger partial charge in [0.1, 0.15) is 4.32 Å². The van der Waals surface area contributed by atoms with Gasteiger partial charge in [-0.3, -0.25) is 19.9 Å². The number of hydrazine groups is 1. The molecule has 12 heteroatoms. The average molecular weight is 506 g/mol. The average Bonchev–Trinajstić information content (AvgIpc) is 3.37. The van der Waals surface area contributed by atoms with Crippen LogP contribution in [0, 0.1) is 0 Å². The molecule has 2 aromatic carbocycles. The maximum atomic E-state index is 12.7. The number of amides is 2. The SMILES string of the molecule is O=C(CCCN1C(=O)/C(=C/c2ccc3c(c2)OCO3)SC1=S)NNS(=O)(=O)c1ccccc1. The minimum Gasteiger partial charge on any atom is -0.454 e. The summed E-state index contributed by atoms with van der Waals surface area (Å²) < 4.78 is 35.3. The standard InChI is InChI=1S/C21H19N3O6S3/c25-19(22-23-33(27,28)15-5-2-1-3-6-15)7-4-10-24-20(26)18(32-21(24)31)12-14-8-9-16-17(11-14)30-13-29-16/h1-3,5-6,8-9,11-12,23H,4,7,10,13H2,(H,22,25)/b18-12-. The summed E-state index contributed by atoms with van der Waals surface area (Å²) in [4.78, 5) is 28.8. The van der Waals surface area contributed by atoms with Gasteiger partial charge in [0.15, 0.2) is 11.5 Å². The number of benzene rings is 2. The third-order valence-electron chi connectivity index (χ3n) is 4.73. The number of nitrogens with zero attached hydrogens (tertiary/aromatic N) is 1. The summed E-state index contributed by atoms with van der Waals surface area (Å²) in [5.74, 6) is 0.515. The summed E-state index contributed by atoms with van der Waals surface area (Å²) in [6, 6.07) is 13.1. The molecule has 2 N–H and O–H groups in total. The monoisotopic (exact) mass is 505 g/mol. The summed E-state index contributed by atoms with van der Waals surface area (Å²) in [5.41, 5.74) is 2.96. The van der Waals surface area contributed by atoms with Crippen molar-refractivity contribution in [1.29, 1.82) is 0 Å². The van der Waals surface area contributed by atoms with Gasteiger partial charge in [-0.15, -0.1) is 4.83 Å². The minimum absolute atomic E-state index is 0.00950. The fourth-order valence-electron chi connectivity index (χ4n) is 3.09. The Morgan fingerprint density at radius 2 is 1.91 bits per heavy atom. The van der Waals surface area contributed by atoms with Crippen LogP contribution in [0.15, 0.2) is 58.3 Å². The van der Waals surface area contributed by atoms with Crippen molar-refractivity contribution in [2.24, 2.45) is 0 Å². The minimum atomic E-state index is -3.85. The molecule has 0 aliphatic carbocycles. The molecule has 0 bridgehead atoms. The van der Waals surface area contributed by atoms with Crippen LogP contribution >= 0.6 is 24.0 Å². The van der Waals surface area contributed by atoms with Gasteiger partial charge >= 0.3 is 0 Å². The van der Waals surface area contributed by atoms with Crippen molar-refractivity contribution >= 4 is 56.2 Å². The summed E-state index contributed by atoms with van der Waals surface area (Å²) in [7, 11) is -3.85. The Morgan fingerprint density at radius 1 is 1.15 bits per heavy atom. The van der Waals surface area contributed by atoms with Gasteiger partial charge in [-0.2, -0.15) is 0 Å². The molecule has 0 aromatic heterocycles. The Hall–Kier alpha value is -2.93. The predicted octanol–water partition coefficient (Wildman–Crippen LogP) is 2.41. The van der Waals surface area contributed by atoms with Gasteiger partial charge in [-0.1, -0.05) is 48.2 Å². The lowest BCUT2D eigenvalue weighted by atomic mass is 10.2. The Bertz CT molecular complexity index is 1230. The Labute approximate surface area is 200 Å². The van der Waals surface area contributed by atoms with E-state index in [2.05, 4.69) is 10.3 Å². The molecule has 172 valence electrons. The number of thiocarbonyl (C=S) groups is 1. The number of hydrogen-bond acceptors (Lipinski definition) is 8. The number of fused-ring (bicyclic) bond motifs is 1. The van der Waals surface area contributed by atoms with Crippen LogP contribution < -0.4 is 19.7 Å². The highest BCUT2D eigenvalue weighted by molar-refractivity contribution is 8.26. The van der Waals surface area contributed by atoms with Gasteiger partial charge in [0, 0.05) is 13.0 Å². The van der Waals surface area contributed by atoms with Gasteiger partial charge in [0.05, 0.1) is 9.80 Å². The first-order chi connectivity index (χ1) is 15.8. The van der Waals surface area contributed by atoms with Gasteiger partial charge in [-0.05, 0) is 42.3 Å². The molecule has 9 nitrogen and oxygen atoms in total. The normalized spacial score (nSPS) is 16.5. The Morgan fingerprint density at radius 3 is 2.70 bits per heavy atom. The molecular formula is C21H19N3O6S3. The van der Waals surface area contributed by atoms with Crippen molar-refractivity contribution < 1.29 is 27.5 Å². The predicted molar refractivity (Wildman–Crippen MR) is 127 cm³/mol. The fraction of sp³-hybridized carbons (Fsp3) is 0.190. The van der Waals surface area contributed by atoms with E-state index in [9.17, 15) is 18.0 Å².